The molecule has 8 heteroatoms. The summed E-state index contributed by atoms with van der Waals surface area (Å²) in [5.41, 5.74) is 3.72. The molecule has 218 valence electrons. The van der Waals surface area contributed by atoms with Gasteiger partial charge in [0.25, 0.3) is 10.0 Å². The van der Waals surface area contributed by atoms with E-state index < -0.39 is 28.5 Å². The molecule has 42 heavy (non-hydrogen) atoms. The Morgan fingerprint density at radius 2 is 1.36 bits per heavy atom. The van der Waals surface area contributed by atoms with Crippen LogP contribution in [0, 0.1) is 13.8 Å². The van der Waals surface area contributed by atoms with E-state index in [2.05, 4.69) is 5.32 Å². The van der Waals surface area contributed by atoms with Crippen molar-refractivity contribution in [3.63, 3.8) is 0 Å². The zero-order chi connectivity index (χ0) is 30.1. The molecule has 0 heterocycles. The van der Waals surface area contributed by atoms with Crippen molar-refractivity contribution in [2.24, 2.45) is 0 Å². The first-order valence-corrected chi connectivity index (χ1v) is 15.4. The second kappa shape index (κ2) is 14.0. The normalized spacial score (nSPS) is 11.9. The first kappa shape index (κ1) is 30.5. The highest BCUT2D eigenvalue weighted by Crippen LogP contribution is 2.28. The van der Waals surface area contributed by atoms with Crippen molar-refractivity contribution in [2.45, 2.75) is 44.7 Å². The lowest BCUT2D eigenvalue weighted by Gasteiger charge is -2.34. The maximum Gasteiger partial charge on any atom is 0.264 e. The topological polar surface area (TPSA) is 86.8 Å². The van der Waals surface area contributed by atoms with Gasteiger partial charge in [-0.1, -0.05) is 91.0 Å². The molecule has 4 rings (SSSR count). The zero-order valence-electron chi connectivity index (χ0n) is 24.2. The van der Waals surface area contributed by atoms with Crippen LogP contribution < -0.4 is 9.62 Å². The summed E-state index contributed by atoms with van der Waals surface area (Å²) >= 11 is 0. The van der Waals surface area contributed by atoms with Gasteiger partial charge in [-0.05, 0) is 61.2 Å². The van der Waals surface area contributed by atoms with E-state index in [0.29, 0.717) is 17.8 Å². The number of hydrogen-bond acceptors (Lipinski definition) is 4. The molecular formula is C34H37N3O4S. The van der Waals surface area contributed by atoms with E-state index >= 15 is 0 Å². The molecule has 0 radical (unpaired) electrons. The molecule has 0 aliphatic rings. The Bertz CT molecular complexity index is 1590. The standard InChI is InChI=1S/C34H37N3O4S/c1-4-35-34(39)32(23-28-14-8-5-9-15-28)36(24-29-16-10-6-11-17-29)33(38)25-37(31-22-26(2)20-21-27(31)3)42(40,41)30-18-12-7-13-19-30/h5-22,32H,4,23-25H2,1-3H3,(H,35,39)/t32-/m0/s1. The van der Waals surface area contributed by atoms with E-state index in [0.717, 1.165) is 16.7 Å². The molecular weight excluding hydrogens is 546 g/mol. The first-order chi connectivity index (χ1) is 20.2. The number of sulfonamides is 1. The molecule has 1 atom stereocenters. The van der Waals surface area contributed by atoms with Crippen LogP contribution in [0.15, 0.2) is 114 Å². The number of nitrogens with zero attached hydrogens (tertiary/aromatic N) is 2. The summed E-state index contributed by atoms with van der Waals surface area (Å²) in [5, 5.41) is 2.88. The minimum Gasteiger partial charge on any atom is -0.355 e. The van der Waals surface area contributed by atoms with Crippen molar-refractivity contribution < 1.29 is 18.0 Å². The maximum absolute atomic E-state index is 14.4. The van der Waals surface area contributed by atoms with Crippen LogP contribution in [0.1, 0.15) is 29.2 Å². The van der Waals surface area contributed by atoms with Gasteiger partial charge in [0.2, 0.25) is 11.8 Å². The average molecular weight is 584 g/mol. The van der Waals surface area contributed by atoms with Crippen molar-refractivity contribution in [1.82, 2.24) is 10.2 Å². The smallest absolute Gasteiger partial charge is 0.264 e. The van der Waals surface area contributed by atoms with Crippen LogP contribution in [0.4, 0.5) is 5.69 Å². The molecule has 0 aromatic heterocycles. The number of amides is 2. The molecule has 0 saturated heterocycles. The van der Waals surface area contributed by atoms with Gasteiger partial charge >= 0.3 is 0 Å². The molecule has 1 N–H and O–H groups in total. The van der Waals surface area contributed by atoms with Gasteiger partial charge in [0.1, 0.15) is 12.6 Å². The van der Waals surface area contributed by atoms with Crippen molar-refractivity contribution in [2.75, 3.05) is 17.4 Å². The van der Waals surface area contributed by atoms with Gasteiger partial charge in [0, 0.05) is 19.5 Å². The SMILES string of the molecule is CCNC(=O)[C@H](Cc1ccccc1)N(Cc1ccccc1)C(=O)CN(c1cc(C)ccc1C)S(=O)(=O)c1ccccc1. The number of hydrogen-bond donors (Lipinski definition) is 1. The van der Waals surface area contributed by atoms with E-state index in [1.54, 1.807) is 24.3 Å². The quantitative estimate of drug-likeness (QED) is 0.246. The minimum atomic E-state index is -4.12. The van der Waals surface area contributed by atoms with Gasteiger partial charge in [-0.15, -0.1) is 0 Å². The molecule has 7 nitrogen and oxygen atoms in total. The maximum atomic E-state index is 14.4. The third-order valence-corrected chi connectivity index (χ3v) is 8.84. The predicted molar refractivity (Wildman–Crippen MR) is 166 cm³/mol. The summed E-state index contributed by atoms with van der Waals surface area (Å²) in [5.74, 6) is -0.777. The van der Waals surface area contributed by atoms with Crippen LogP contribution in [0.3, 0.4) is 0 Å². The molecule has 0 fully saturated rings. The largest absolute Gasteiger partial charge is 0.355 e. The molecule has 4 aromatic carbocycles. The number of carbonyl (C=O) groups is 2. The lowest BCUT2D eigenvalue weighted by Crippen LogP contribution is -2.53. The molecule has 0 aliphatic carbocycles. The Balaban J connectivity index is 1.81. The highest BCUT2D eigenvalue weighted by molar-refractivity contribution is 7.92. The van der Waals surface area contributed by atoms with Crippen LogP contribution >= 0.6 is 0 Å². The third kappa shape index (κ3) is 7.44. The van der Waals surface area contributed by atoms with E-state index in [1.807, 2.05) is 93.6 Å². The van der Waals surface area contributed by atoms with Crippen LogP contribution in [-0.2, 0) is 32.6 Å². The van der Waals surface area contributed by atoms with Crippen molar-refractivity contribution >= 4 is 27.5 Å². The monoisotopic (exact) mass is 583 g/mol. The Morgan fingerprint density at radius 1 is 0.786 bits per heavy atom. The summed E-state index contributed by atoms with van der Waals surface area (Å²) in [6, 6.07) is 31.7. The van der Waals surface area contributed by atoms with Crippen molar-refractivity contribution in [3.8, 4) is 0 Å². The number of rotatable bonds is 12. The van der Waals surface area contributed by atoms with Crippen LogP contribution in [0.5, 0.6) is 0 Å². The van der Waals surface area contributed by atoms with Gasteiger partial charge in [-0.2, -0.15) is 0 Å². The average Bonchev–Trinajstić information content (AvgIpc) is 3.00. The van der Waals surface area contributed by atoms with Gasteiger partial charge < -0.3 is 10.2 Å². The Labute approximate surface area is 248 Å². The molecule has 0 aliphatic heterocycles. The summed E-state index contributed by atoms with van der Waals surface area (Å²) in [4.78, 5) is 29.5. The highest BCUT2D eigenvalue weighted by Gasteiger charge is 2.34. The van der Waals surface area contributed by atoms with Crippen LogP contribution in [0.25, 0.3) is 0 Å². The summed E-state index contributed by atoms with van der Waals surface area (Å²) in [7, 11) is -4.12. The second-order valence-electron chi connectivity index (χ2n) is 10.2. The molecule has 2 amide bonds. The predicted octanol–water partition coefficient (Wildman–Crippen LogP) is 5.27. The van der Waals surface area contributed by atoms with E-state index in [4.69, 9.17) is 0 Å². The number of aryl methyl sites for hydroxylation is 2. The molecule has 0 spiro atoms. The van der Waals surface area contributed by atoms with Crippen LogP contribution in [0.2, 0.25) is 0 Å². The number of benzene rings is 4. The molecule has 0 bridgehead atoms. The van der Waals surface area contributed by atoms with Gasteiger partial charge in [0.15, 0.2) is 0 Å². The lowest BCUT2D eigenvalue weighted by molar-refractivity contribution is -0.140. The van der Waals surface area contributed by atoms with E-state index in [9.17, 15) is 18.0 Å². The van der Waals surface area contributed by atoms with Gasteiger partial charge in [-0.25, -0.2) is 8.42 Å². The second-order valence-corrected chi connectivity index (χ2v) is 12.1. The number of carbonyl (C=O) groups excluding carboxylic acids is 2. The van der Waals surface area contributed by atoms with Crippen molar-refractivity contribution in [3.05, 3.63) is 131 Å². The number of nitrogens with one attached hydrogen (secondary N) is 1. The summed E-state index contributed by atoms with van der Waals surface area (Å²) < 4.78 is 29.3. The van der Waals surface area contributed by atoms with E-state index in [-0.39, 0.29) is 23.8 Å². The highest BCUT2D eigenvalue weighted by atomic mass is 32.2. The fourth-order valence-corrected chi connectivity index (χ4v) is 6.34. The summed E-state index contributed by atoms with van der Waals surface area (Å²) in [6.45, 7) is 5.59. The fraction of sp³-hybridized carbons (Fsp3) is 0.235. The van der Waals surface area contributed by atoms with Gasteiger partial charge in [0.05, 0.1) is 10.6 Å². The number of likely N-dealkylation sites (N-methyl/N-ethyl adjacent to an activating group) is 1. The molecule has 4 aromatic rings. The van der Waals surface area contributed by atoms with Crippen molar-refractivity contribution in [1.29, 1.82) is 0 Å². The lowest BCUT2D eigenvalue weighted by atomic mass is 10.0. The molecule has 0 saturated carbocycles. The third-order valence-electron chi connectivity index (χ3n) is 7.06. The number of anilines is 1. The summed E-state index contributed by atoms with van der Waals surface area (Å²) in [6.07, 6.45) is 0.278. The fourth-order valence-electron chi connectivity index (χ4n) is 4.85. The van der Waals surface area contributed by atoms with E-state index in [1.165, 1.54) is 21.3 Å². The Hall–Kier alpha value is -4.43. The van der Waals surface area contributed by atoms with Crippen LogP contribution in [-0.4, -0.2) is 44.3 Å². The first-order valence-electron chi connectivity index (χ1n) is 14.0. The molecule has 0 unspecified atom stereocenters. The Kier molecular flexibility index (Phi) is 10.1. The Morgan fingerprint density at radius 3 is 1.95 bits per heavy atom. The minimum absolute atomic E-state index is 0.0814. The van der Waals surface area contributed by atoms with Gasteiger partial charge in [-0.3, -0.25) is 13.9 Å². The zero-order valence-corrected chi connectivity index (χ0v) is 25.1.